The number of aryl methyl sites for hydroxylation is 1. The second kappa shape index (κ2) is 4.63. The summed E-state index contributed by atoms with van der Waals surface area (Å²) >= 11 is 1.14. The van der Waals surface area contributed by atoms with Gasteiger partial charge in [0.1, 0.15) is 10.7 Å². The van der Waals surface area contributed by atoms with Crippen LogP contribution in [0.25, 0.3) is 0 Å². The van der Waals surface area contributed by atoms with Gasteiger partial charge in [0.05, 0.1) is 10.7 Å². The third kappa shape index (κ3) is 2.68. The lowest BCUT2D eigenvalue weighted by atomic mass is 10.1. The average molecular weight is 251 g/mol. The van der Waals surface area contributed by atoms with Gasteiger partial charge in [-0.3, -0.25) is 0 Å². The Bertz CT molecular complexity index is 565. The van der Waals surface area contributed by atoms with Crippen LogP contribution < -0.4 is 0 Å². The van der Waals surface area contributed by atoms with Crippen LogP contribution >= 0.6 is 11.3 Å². The number of hydrogen-bond acceptors (Lipinski definition) is 3. The molecule has 0 saturated carbocycles. The second-order valence-corrected chi connectivity index (χ2v) is 4.82. The van der Waals surface area contributed by atoms with E-state index in [1.165, 1.54) is 12.1 Å². The molecular formula is C12H10FNO2S. The molecule has 0 aliphatic carbocycles. The van der Waals surface area contributed by atoms with Crippen LogP contribution in [-0.2, 0) is 6.42 Å². The van der Waals surface area contributed by atoms with Crippen LogP contribution in [0.15, 0.2) is 24.3 Å². The predicted molar refractivity (Wildman–Crippen MR) is 63.0 cm³/mol. The number of rotatable bonds is 3. The largest absolute Gasteiger partial charge is 0.477 e. The molecule has 0 unspecified atom stereocenters. The van der Waals surface area contributed by atoms with Crippen molar-refractivity contribution < 1.29 is 14.3 Å². The van der Waals surface area contributed by atoms with Gasteiger partial charge in [0.2, 0.25) is 0 Å². The Morgan fingerprint density at radius 2 is 2.29 bits per heavy atom. The Balaban J connectivity index is 2.32. The molecule has 2 rings (SSSR count). The highest BCUT2D eigenvalue weighted by Gasteiger charge is 2.15. The fourth-order valence-electron chi connectivity index (χ4n) is 1.60. The highest BCUT2D eigenvalue weighted by Crippen LogP contribution is 2.21. The van der Waals surface area contributed by atoms with Crippen molar-refractivity contribution in [2.45, 2.75) is 13.3 Å². The lowest BCUT2D eigenvalue weighted by molar-refractivity contribution is 0.0701. The first kappa shape index (κ1) is 11.7. The summed E-state index contributed by atoms with van der Waals surface area (Å²) in [5, 5.41) is 9.71. The number of thiazole rings is 1. The standard InChI is InChI=1S/C12H10FNO2S/c1-7-14-10(11(17-7)12(15)16)6-8-3-2-4-9(13)5-8/h2-5H,6H2,1H3,(H,15,16). The first-order chi connectivity index (χ1) is 8.06. The zero-order valence-electron chi connectivity index (χ0n) is 9.11. The molecule has 0 radical (unpaired) electrons. The van der Waals surface area contributed by atoms with Crippen molar-refractivity contribution in [1.82, 2.24) is 4.98 Å². The smallest absolute Gasteiger partial charge is 0.347 e. The number of halogens is 1. The van der Waals surface area contributed by atoms with Gasteiger partial charge in [0.25, 0.3) is 0 Å². The summed E-state index contributed by atoms with van der Waals surface area (Å²) in [5.74, 6) is -1.31. The highest BCUT2D eigenvalue weighted by atomic mass is 32.1. The maximum Gasteiger partial charge on any atom is 0.347 e. The molecule has 1 heterocycles. The van der Waals surface area contributed by atoms with Crippen molar-refractivity contribution in [3.05, 3.63) is 51.2 Å². The first-order valence-electron chi connectivity index (χ1n) is 5.00. The molecule has 0 fully saturated rings. The fourth-order valence-corrected chi connectivity index (χ4v) is 2.37. The molecule has 3 nitrogen and oxygen atoms in total. The Hall–Kier alpha value is -1.75. The van der Waals surface area contributed by atoms with Crippen molar-refractivity contribution in [3.8, 4) is 0 Å². The molecule has 2 aromatic rings. The van der Waals surface area contributed by atoms with E-state index in [-0.39, 0.29) is 10.7 Å². The van der Waals surface area contributed by atoms with Crippen LogP contribution in [0, 0.1) is 12.7 Å². The number of hydrogen-bond donors (Lipinski definition) is 1. The van der Waals surface area contributed by atoms with E-state index in [0.29, 0.717) is 17.1 Å². The number of aromatic nitrogens is 1. The van der Waals surface area contributed by atoms with Gasteiger partial charge < -0.3 is 5.11 Å². The molecule has 88 valence electrons. The zero-order valence-corrected chi connectivity index (χ0v) is 9.92. The number of carbonyl (C=O) groups is 1. The lowest BCUT2D eigenvalue weighted by Gasteiger charge is -2.00. The van der Waals surface area contributed by atoms with Crippen molar-refractivity contribution in [2.75, 3.05) is 0 Å². The van der Waals surface area contributed by atoms with Crippen LogP contribution in [-0.4, -0.2) is 16.1 Å². The normalized spacial score (nSPS) is 10.5. The van der Waals surface area contributed by atoms with Crippen molar-refractivity contribution in [1.29, 1.82) is 0 Å². The van der Waals surface area contributed by atoms with E-state index in [1.807, 2.05) is 0 Å². The van der Waals surface area contributed by atoms with Gasteiger partial charge in [0.15, 0.2) is 0 Å². The van der Waals surface area contributed by atoms with Crippen molar-refractivity contribution in [2.24, 2.45) is 0 Å². The van der Waals surface area contributed by atoms with E-state index < -0.39 is 5.97 Å². The topological polar surface area (TPSA) is 50.2 Å². The summed E-state index contributed by atoms with van der Waals surface area (Å²) in [6.45, 7) is 1.76. The molecular weight excluding hydrogens is 241 g/mol. The van der Waals surface area contributed by atoms with Gasteiger partial charge in [0, 0.05) is 6.42 Å². The summed E-state index contributed by atoms with van der Waals surface area (Å²) in [7, 11) is 0. The molecule has 1 aromatic carbocycles. The number of carboxylic acid groups (broad SMARTS) is 1. The summed E-state index contributed by atoms with van der Waals surface area (Å²) in [4.78, 5) is 15.4. The van der Waals surface area contributed by atoms with Crippen LogP contribution in [0.5, 0.6) is 0 Å². The lowest BCUT2D eigenvalue weighted by Crippen LogP contribution is -2.00. The van der Waals surface area contributed by atoms with Gasteiger partial charge in [-0.1, -0.05) is 12.1 Å². The maximum absolute atomic E-state index is 13.0. The predicted octanol–water partition coefficient (Wildman–Crippen LogP) is 2.88. The zero-order chi connectivity index (χ0) is 12.4. The van der Waals surface area contributed by atoms with Crippen LogP contribution in [0.3, 0.4) is 0 Å². The quantitative estimate of drug-likeness (QED) is 0.912. The third-order valence-electron chi connectivity index (χ3n) is 2.26. The Morgan fingerprint density at radius 3 is 2.94 bits per heavy atom. The summed E-state index contributed by atoms with van der Waals surface area (Å²) in [6, 6.07) is 6.10. The molecule has 1 aromatic heterocycles. The molecule has 0 atom stereocenters. The van der Waals surface area contributed by atoms with E-state index >= 15 is 0 Å². The maximum atomic E-state index is 13.0. The number of benzene rings is 1. The monoisotopic (exact) mass is 251 g/mol. The van der Waals surface area contributed by atoms with Crippen molar-refractivity contribution >= 4 is 17.3 Å². The molecule has 0 bridgehead atoms. The van der Waals surface area contributed by atoms with Crippen LogP contribution in [0.4, 0.5) is 4.39 Å². The molecule has 0 saturated heterocycles. The summed E-state index contributed by atoms with van der Waals surface area (Å²) < 4.78 is 13.0. The van der Waals surface area contributed by atoms with Gasteiger partial charge in [-0.25, -0.2) is 14.2 Å². The first-order valence-corrected chi connectivity index (χ1v) is 5.82. The molecule has 1 N–H and O–H groups in total. The Morgan fingerprint density at radius 1 is 1.53 bits per heavy atom. The molecule has 17 heavy (non-hydrogen) atoms. The Kier molecular flexibility index (Phi) is 3.19. The highest BCUT2D eigenvalue weighted by molar-refractivity contribution is 7.13. The average Bonchev–Trinajstić information content (AvgIpc) is 2.59. The van der Waals surface area contributed by atoms with E-state index in [1.54, 1.807) is 19.1 Å². The molecule has 0 spiro atoms. The van der Waals surface area contributed by atoms with Gasteiger partial charge in [-0.05, 0) is 24.6 Å². The number of carboxylic acids is 1. The van der Waals surface area contributed by atoms with E-state index in [4.69, 9.17) is 5.11 Å². The van der Waals surface area contributed by atoms with Gasteiger partial charge >= 0.3 is 5.97 Å². The van der Waals surface area contributed by atoms with E-state index in [9.17, 15) is 9.18 Å². The molecule has 5 heteroatoms. The SMILES string of the molecule is Cc1nc(Cc2cccc(F)c2)c(C(=O)O)s1. The fraction of sp³-hybridized carbons (Fsp3) is 0.167. The van der Waals surface area contributed by atoms with Crippen LogP contribution in [0.1, 0.15) is 25.9 Å². The minimum atomic E-state index is -0.984. The van der Waals surface area contributed by atoms with E-state index in [0.717, 1.165) is 16.9 Å². The minimum absolute atomic E-state index is 0.228. The Labute approximate surface area is 102 Å². The minimum Gasteiger partial charge on any atom is -0.477 e. The summed E-state index contributed by atoms with van der Waals surface area (Å²) in [5.41, 5.74) is 1.21. The van der Waals surface area contributed by atoms with E-state index in [2.05, 4.69) is 4.98 Å². The van der Waals surface area contributed by atoms with Crippen LogP contribution in [0.2, 0.25) is 0 Å². The second-order valence-electron chi connectivity index (χ2n) is 3.62. The third-order valence-corrected chi connectivity index (χ3v) is 3.26. The molecule has 0 amide bonds. The van der Waals surface area contributed by atoms with Gasteiger partial charge in [-0.2, -0.15) is 0 Å². The molecule has 0 aliphatic rings. The summed E-state index contributed by atoms with van der Waals surface area (Å²) in [6.07, 6.45) is 0.337. The number of aromatic carboxylic acids is 1. The van der Waals surface area contributed by atoms with Crippen molar-refractivity contribution in [3.63, 3.8) is 0 Å². The molecule has 0 aliphatic heterocycles. The van der Waals surface area contributed by atoms with Gasteiger partial charge in [-0.15, -0.1) is 11.3 Å². The number of nitrogens with zero attached hydrogens (tertiary/aromatic N) is 1.